The zero-order chi connectivity index (χ0) is 18.5. The van der Waals surface area contributed by atoms with Gasteiger partial charge in [0, 0.05) is 13.0 Å². The maximum atomic E-state index is 12.3. The molecule has 142 valence electrons. The van der Waals surface area contributed by atoms with E-state index in [4.69, 9.17) is 4.74 Å². The molecule has 1 fully saturated rings. The molecular formula is C20H30N3O3+. The van der Waals surface area contributed by atoms with Crippen molar-refractivity contribution in [1.82, 2.24) is 5.32 Å². The number of fused-ring (bicyclic) bond motifs is 1. The second-order valence-electron chi connectivity index (χ2n) is 7.50. The summed E-state index contributed by atoms with van der Waals surface area (Å²) < 4.78 is 5.45. The molecule has 0 spiro atoms. The van der Waals surface area contributed by atoms with Gasteiger partial charge in [0.2, 0.25) is 5.91 Å². The number of hydrogen-bond donors (Lipinski definition) is 2. The van der Waals surface area contributed by atoms with Gasteiger partial charge in [0.15, 0.2) is 6.61 Å². The van der Waals surface area contributed by atoms with Crippen molar-refractivity contribution in [2.24, 2.45) is 0 Å². The number of carbonyl (C=O) groups is 2. The molecule has 2 aliphatic heterocycles. The largest absolute Gasteiger partial charge is 0.482 e. The highest BCUT2D eigenvalue weighted by Gasteiger charge is 2.27. The summed E-state index contributed by atoms with van der Waals surface area (Å²) in [7, 11) is 0. The van der Waals surface area contributed by atoms with Crippen LogP contribution < -0.4 is 19.9 Å². The van der Waals surface area contributed by atoms with Crippen molar-refractivity contribution in [1.29, 1.82) is 0 Å². The van der Waals surface area contributed by atoms with E-state index in [2.05, 4.69) is 12.2 Å². The molecule has 2 N–H and O–H groups in total. The summed E-state index contributed by atoms with van der Waals surface area (Å²) in [5.41, 5.74) is 1.72. The van der Waals surface area contributed by atoms with Crippen LogP contribution in [-0.2, 0) is 9.59 Å². The van der Waals surface area contributed by atoms with Crippen LogP contribution in [-0.4, -0.2) is 50.6 Å². The van der Waals surface area contributed by atoms with E-state index in [0.29, 0.717) is 18.0 Å². The molecule has 1 aromatic carbocycles. The van der Waals surface area contributed by atoms with Crippen molar-refractivity contribution in [2.45, 2.75) is 45.6 Å². The Bertz CT molecular complexity index is 662. The predicted octanol–water partition coefficient (Wildman–Crippen LogP) is 0.684. The molecule has 6 nitrogen and oxygen atoms in total. The Balaban J connectivity index is 1.47. The van der Waals surface area contributed by atoms with E-state index in [1.165, 1.54) is 30.7 Å². The smallest absolute Gasteiger partial charge is 0.265 e. The van der Waals surface area contributed by atoms with Gasteiger partial charge < -0.3 is 15.0 Å². The standard InChI is InChI=1S/C20H29N3O3/c1-15-7-8-18-17(12-15)23(20(25)14-26-18)13-19(24)21-9-5-11-22-10-4-3-6-16(22)2/h7-8,12,16H,3-6,9-11,13-14H2,1-2H3,(H,21,24)/p+1/t16-/m0/s1. The number of benzene rings is 1. The summed E-state index contributed by atoms with van der Waals surface area (Å²) in [6, 6.07) is 6.41. The lowest BCUT2D eigenvalue weighted by atomic mass is 10.0. The molecule has 0 saturated carbocycles. The molecule has 2 heterocycles. The van der Waals surface area contributed by atoms with Gasteiger partial charge >= 0.3 is 0 Å². The number of aryl methyl sites for hydroxylation is 1. The van der Waals surface area contributed by atoms with E-state index < -0.39 is 0 Å². The van der Waals surface area contributed by atoms with Crippen LogP contribution in [0.3, 0.4) is 0 Å². The number of nitrogens with one attached hydrogen (secondary N) is 2. The summed E-state index contributed by atoms with van der Waals surface area (Å²) in [5.74, 6) is 0.366. The van der Waals surface area contributed by atoms with E-state index in [0.717, 1.165) is 24.6 Å². The molecule has 1 saturated heterocycles. The van der Waals surface area contributed by atoms with E-state index in [9.17, 15) is 9.59 Å². The van der Waals surface area contributed by atoms with E-state index >= 15 is 0 Å². The first kappa shape index (κ1) is 18.7. The average Bonchev–Trinajstić information content (AvgIpc) is 2.62. The molecule has 2 aliphatic rings. The third-order valence-corrected chi connectivity index (χ3v) is 5.44. The summed E-state index contributed by atoms with van der Waals surface area (Å²) >= 11 is 0. The maximum Gasteiger partial charge on any atom is 0.265 e. The number of likely N-dealkylation sites (tertiary alicyclic amines) is 1. The molecule has 2 amide bonds. The van der Waals surface area contributed by atoms with Crippen LogP contribution in [0.2, 0.25) is 0 Å². The van der Waals surface area contributed by atoms with Crippen molar-refractivity contribution in [3.8, 4) is 5.75 Å². The van der Waals surface area contributed by atoms with Crippen molar-refractivity contribution < 1.29 is 19.2 Å². The Morgan fingerprint density at radius 1 is 1.38 bits per heavy atom. The predicted molar refractivity (Wildman–Crippen MR) is 101 cm³/mol. The minimum Gasteiger partial charge on any atom is -0.482 e. The van der Waals surface area contributed by atoms with Crippen LogP contribution in [0.1, 0.15) is 38.2 Å². The fourth-order valence-corrected chi connectivity index (χ4v) is 3.85. The van der Waals surface area contributed by atoms with E-state index in [1.807, 2.05) is 25.1 Å². The van der Waals surface area contributed by atoms with Gasteiger partial charge in [-0.15, -0.1) is 0 Å². The Morgan fingerprint density at radius 2 is 2.23 bits per heavy atom. The minimum absolute atomic E-state index is 0.0143. The Hall–Kier alpha value is -2.08. The minimum atomic E-state index is -0.176. The first-order valence-electron chi connectivity index (χ1n) is 9.69. The van der Waals surface area contributed by atoms with Crippen LogP contribution >= 0.6 is 0 Å². The third kappa shape index (κ3) is 4.55. The van der Waals surface area contributed by atoms with Gasteiger partial charge in [-0.1, -0.05) is 6.07 Å². The number of nitrogens with zero attached hydrogens (tertiary/aromatic N) is 1. The molecule has 0 aromatic heterocycles. The van der Waals surface area contributed by atoms with Gasteiger partial charge in [0.1, 0.15) is 12.3 Å². The van der Waals surface area contributed by atoms with Gasteiger partial charge in [-0.3, -0.25) is 14.5 Å². The van der Waals surface area contributed by atoms with Crippen molar-refractivity contribution in [2.75, 3.05) is 37.7 Å². The molecular weight excluding hydrogens is 330 g/mol. The average molecular weight is 360 g/mol. The number of rotatable bonds is 6. The van der Waals surface area contributed by atoms with Gasteiger partial charge in [-0.2, -0.15) is 0 Å². The fourth-order valence-electron chi connectivity index (χ4n) is 3.85. The lowest BCUT2D eigenvalue weighted by Crippen LogP contribution is -3.16. The molecule has 6 heteroatoms. The molecule has 0 aliphatic carbocycles. The van der Waals surface area contributed by atoms with Crippen LogP contribution in [0.5, 0.6) is 5.75 Å². The van der Waals surface area contributed by atoms with Gasteiger partial charge in [-0.25, -0.2) is 0 Å². The first-order chi connectivity index (χ1) is 12.5. The first-order valence-corrected chi connectivity index (χ1v) is 9.69. The molecule has 2 atom stereocenters. The number of amides is 2. The SMILES string of the molecule is Cc1ccc2c(c1)N(CC(=O)NCCC[NH+]1CCCC[C@@H]1C)C(=O)CO2. The normalized spacial score (nSPS) is 22.5. The van der Waals surface area contributed by atoms with Crippen LogP contribution in [0, 0.1) is 6.92 Å². The Kier molecular flexibility index (Phi) is 6.14. The number of hydrogen-bond acceptors (Lipinski definition) is 3. The van der Waals surface area contributed by atoms with Crippen molar-refractivity contribution >= 4 is 17.5 Å². The summed E-state index contributed by atoms with van der Waals surface area (Å²) in [4.78, 5) is 27.7. The van der Waals surface area contributed by atoms with Crippen molar-refractivity contribution in [3.63, 3.8) is 0 Å². The van der Waals surface area contributed by atoms with Crippen molar-refractivity contribution in [3.05, 3.63) is 23.8 Å². The monoisotopic (exact) mass is 360 g/mol. The van der Waals surface area contributed by atoms with Gasteiger partial charge in [-0.05, 0) is 50.8 Å². The molecule has 26 heavy (non-hydrogen) atoms. The maximum absolute atomic E-state index is 12.3. The molecule has 3 rings (SSSR count). The number of piperidine rings is 1. The number of anilines is 1. The number of ether oxygens (including phenoxy) is 1. The quantitative estimate of drug-likeness (QED) is 0.734. The molecule has 1 aromatic rings. The van der Waals surface area contributed by atoms with E-state index in [1.54, 1.807) is 4.90 Å². The highest BCUT2D eigenvalue weighted by atomic mass is 16.5. The summed E-state index contributed by atoms with van der Waals surface area (Å²) in [6.45, 7) is 7.31. The second kappa shape index (κ2) is 8.54. The Morgan fingerprint density at radius 3 is 3.04 bits per heavy atom. The third-order valence-electron chi connectivity index (χ3n) is 5.44. The van der Waals surface area contributed by atoms with Gasteiger partial charge in [0.05, 0.1) is 24.8 Å². The lowest BCUT2D eigenvalue weighted by Gasteiger charge is -2.30. The fraction of sp³-hybridized carbons (Fsp3) is 0.600. The highest BCUT2D eigenvalue weighted by molar-refractivity contribution is 6.02. The molecule has 0 radical (unpaired) electrons. The number of carbonyl (C=O) groups excluding carboxylic acids is 2. The lowest BCUT2D eigenvalue weighted by molar-refractivity contribution is -0.928. The Labute approximate surface area is 155 Å². The van der Waals surface area contributed by atoms with Crippen LogP contribution in [0.25, 0.3) is 0 Å². The summed E-state index contributed by atoms with van der Waals surface area (Å²) in [5, 5.41) is 2.96. The van der Waals surface area contributed by atoms with Gasteiger partial charge in [0.25, 0.3) is 5.91 Å². The number of quaternary nitrogens is 1. The molecule has 1 unspecified atom stereocenters. The molecule has 0 bridgehead atoms. The summed E-state index contributed by atoms with van der Waals surface area (Å²) in [6.07, 6.45) is 4.93. The zero-order valence-corrected chi connectivity index (χ0v) is 15.8. The second-order valence-corrected chi connectivity index (χ2v) is 7.50. The van der Waals surface area contributed by atoms with Crippen LogP contribution in [0.4, 0.5) is 5.69 Å². The van der Waals surface area contributed by atoms with E-state index in [-0.39, 0.29) is 25.0 Å². The zero-order valence-electron chi connectivity index (χ0n) is 15.8. The topological polar surface area (TPSA) is 63.1 Å². The highest BCUT2D eigenvalue weighted by Crippen LogP contribution is 2.32. The van der Waals surface area contributed by atoms with Crippen LogP contribution in [0.15, 0.2) is 18.2 Å².